The van der Waals surface area contributed by atoms with Crippen molar-refractivity contribution in [1.82, 2.24) is 19.5 Å². The van der Waals surface area contributed by atoms with Crippen molar-refractivity contribution in [3.8, 4) is 16.9 Å². The highest BCUT2D eigenvalue weighted by Gasteiger charge is 2.19. The second-order valence-electron chi connectivity index (χ2n) is 7.34. The van der Waals surface area contributed by atoms with Crippen LogP contribution in [0.3, 0.4) is 0 Å². The Morgan fingerprint density at radius 3 is 2.55 bits per heavy atom. The number of hydrogen-bond acceptors (Lipinski definition) is 3. The number of imidazole rings is 1. The number of benzene rings is 2. The third kappa shape index (κ3) is 3.21. The van der Waals surface area contributed by atoms with Gasteiger partial charge in [-0.05, 0) is 43.5 Å². The van der Waals surface area contributed by atoms with Gasteiger partial charge >= 0.3 is 0 Å². The molecule has 29 heavy (non-hydrogen) atoms. The molecule has 5 nitrogen and oxygen atoms in total. The van der Waals surface area contributed by atoms with E-state index in [0.717, 1.165) is 48.4 Å². The molecule has 146 valence electrons. The highest BCUT2D eigenvalue weighted by molar-refractivity contribution is 6.30. The van der Waals surface area contributed by atoms with Crippen LogP contribution in [0.4, 0.5) is 0 Å². The third-order valence-electron chi connectivity index (χ3n) is 5.42. The molecule has 2 aromatic carbocycles. The van der Waals surface area contributed by atoms with Crippen molar-refractivity contribution in [2.24, 2.45) is 0 Å². The quantitative estimate of drug-likeness (QED) is 0.553. The fraction of sp³-hybridized carbons (Fsp3) is 0.217. The zero-order chi connectivity index (χ0) is 19.8. The maximum Gasteiger partial charge on any atom is 0.283 e. The van der Waals surface area contributed by atoms with Crippen LogP contribution in [-0.2, 0) is 0 Å². The lowest BCUT2D eigenvalue weighted by molar-refractivity contribution is 0.721. The third-order valence-corrected chi connectivity index (χ3v) is 5.67. The first-order valence-corrected chi connectivity index (χ1v) is 10.3. The molecule has 1 N–H and O–H groups in total. The number of fused-ring (bicyclic) bond motifs is 1. The standard InChI is InChI=1S/C23H21ClN4O/c24-17-12-10-16(11-13-17)20-15-27-22(26-20)21(19-9-5-2-6-14-25-19)23(29)28(27)18-7-3-1-4-8-18/h1,3-4,7-8,10-13,15,25H,2,5-6,9,14H2/b21-19-. The molecule has 1 fully saturated rings. The van der Waals surface area contributed by atoms with E-state index >= 15 is 0 Å². The molecule has 1 aliphatic rings. The van der Waals surface area contributed by atoms with Crippen LogP contribution in [0.15, 0.2) is 65.6 Å². The van der Waals surface area contributed by atoms with Crippen LogP contribution in [0.25, 0.3) is 28.3 Å². The maximum absolute atomic E-state index is 13.5. The summed E-state index contributed by atoms with van der Waals surface area (Å²) >= 11 is 6.04. The molecule has 0 atom stereocenters. The molecule has 1 aliphatic heterocycles. The summed E-state index contributed by atoms with van der Waals surface area (Å²) in [6.45, 7) is 0.891. The topological polar surface area (TPSA) is 51.3 Å². The Labute approximate surface area is 173 Å². The van der Waals surface area contributed by atoms with Gasteiger partial charge in [0.2, 0.25) is 0 Å². The van der Waals surface area contributed by atoms with Gasteiger partial charge in [0, 0.05) is 22.8 Å². The smallest absolute Gasteiger partial charge is 0.283 e. The number of aromatic nitrogens is 3. The molecule has 1 saturated heterocycles. The van der Waals surface area contributed by atoms with Crippen molar-refractivity contribution in [2.75, 3.05) is 6.54 Å². The normalized spacial score (nSPS) is 16.6. The van der Waals surface area contributed by atoms with Gasteiger partial charge < -0.3 is 5.32 Å². The Morgan fingerprint density at radius 2 is 1.76 bits per heavy atom. The Balaban J connectivity index is 1.82. The van der Waals surface area contributed by atoms with Crippen molar-refractivity contribution < 1.29 is 0 Å². The van der Waals surface area contributed by atoms with Gasteiger partial charge in [-0.3, -0.25) is 4.79 Å². The van der Waals surface area contributed by atoms with Crippen LogP contribution in [0.2, 0.25) is 5.02 Å². The summed E-state index contributed by atoms with van der Waals surface area (Å²) in [6.07, 6.45) is 6.17. The number of rotatable bonds is 2. The summed E-state index contributed by atoms with van der Waals surface area (Å²) in [5.41, 5.74) is 4.26. The monoisotopic (exact) mass is 404 g/mol. The zero-order valence-electron chi connectivity index (χ0n) is 15.9. The van der Waals surface area contributed by atoms with Gasteiger partial charge in [0.25, 0.3) is 5.56 Å². The van der Waals surface area contributed by atoms with Gasteiger partial charge in [0.15, 0.2) is 5.65 Å². The lowest BCUT2D eigenvalue weighted by atomic mass is 10.2. The molecule has 3 heterocycles. The Bertz CT molecular complexity index is 1260. The second kappa shape index (κ2) is 7.41. The average molecular weight is 405 g/mol. The van der Waals surface area contributed by atoms with Gasteiger partial charge in [0.1, 0.15) is 5.22 Å². The molecule has 0 aliphatic carbocycles. The number of hydrogen-bond donors (Lipinski definition) is 1. The first kappa shape index (κ1) is 18.0. The van der Waals surface area contributed by atoms with E-state index < -0.39 is 0 Å². The molecule has 4 aromatic rings. The predicted molar refractivity (Wildman–Crippen MR) is 116 cm³/mol. The summed E-state index contributed by atoms with van der Waals surface area (Å²) in [6, 6.07) is 17.3. The summed E-state index contributed by atoms with van der Waals surface area (Å²) in [4.78, 5) is 18.3. The van der Waals surface area contributed by atoms with Crippen molar-refractivity contribution in [1.29, 1.82) is 0 Å². The van der Waals surface area contributed by atoms with Crippen molar-refractivity contribution in [2.45, 2.75) is 25.7 Å². The number of nitrogens with zero attached hydrogens (tertiary/aromatic N) is 3. The number of para-hydroxylation sites is 1. The van der Waals surface area contributed by atoms with Crippen molar-refractivity contribution >= 4 is 22.9 Å². The van der Waals surface area contributed by atoms with Crippen LogP contribution < -0.4 is 16.1 Å². The molecule has 0 radical (unpaired) electrons. The van der Waals surface area contributed by atoms with E-state index in [1.807, 2.05) is 65.3 Å². The van der Waals surface area contributed by atoms with E-state index in [-0.39, 0.29) is 5.56 Å². The van der Waals surface area contributed by atoms with Crippen molar-refractivity contribution in [3.05, 3.63) is 81.4 Å². The fourth-order valence-electron chi connectivity index (χ4n) is 3.97. The average Bonchev–Trinajstić information content (AvgIpc) is 3.12. The van der Waals surface area contributed by atoms with Crippen LogP contribution in [0, 0.1) is 0 Å². The Kier molecular flexibility index (Phi) is 4.60. The summed E-state index contributed by atoms with van der Waals surface area (Å²) in [5, 5.41) is 4.85. The number of nitrogens with one attached hydrogen (secondary N) is 1. The second-order valence-corrected chi connectivity index (χ2v) is 7.78. The summed E-state index contributed by atoms with van der Waals surface area (Å²) in [7, 11) is 0. The van der Waals surface area contributed by atoms with Crippen LogP contribution >= 0.6 is 11.6 Å². The first-order valence-electron chi connectivity index (χ1n) is 9.95. The molecular formula is C23H21ClN4O. The minimum atomic E-state index is -0.0363. The molecular weight excluding hydrogens is 384 g/mol. The minimum Gasteiger partial charge on any atom is -0.388 e. The minimum absolute atomic E-state index is 0.0363. The summed E-state index contributed by atoms with van der Waals surface area (Å²) < 4.78 is 3.58. The molecule has 0 saturated carbocycles. The van der Waals surface area contributed by atoms with Gasteiger partial charge in [-0.15, -0.1) is 0 Å². The van der Waals surface area contributed by atoms with E-state index in [2.05, 4.69) is 5.32 Å². The molecule has 5 rings (SSSR count). The fourth-order valence-corrected chi connectivity index (χ4v) is 4.10. The van der Waals surface area contributed by atoms with E-state index in [0.29, 0.717) is 15.9 Å². The molecule has 2 aromatic heterocycles. The summed E-state index contributed by atoms with van der Waals surface area (Å²) in [5.74, 6) is 0. The van der Waals surface area contributed by atoms with E-state index in [1.54, 1.807) is 4.68 Å². The van der Waals surface area contributed by atoms with Gasteiger partial charge in [-0.1, -0.05) is 48.4 Å². The first-order chi connectivity index (χ1) is 14.2. The highest BCUT2D eigenvalue weighted by atomic mass is 35.5. The van der Waals surface area contributed by atoms with Crippen molar-refractivity contribution in [3.63, 3.8) is 0 Å². The van der Waals surface area contributed by atoms with Crippen LogP contribution in [0.1, 0.15) is 25.7 Å². The largest absolute Gasteiger partial charge is 0.388 e. The molecule has 0 unspecified atom stereocenters. The Morgan fingerprint density at radius 1 is 0.966 bits per heavy atom. The van der Waals surface area contributed by atoms with E-state index in [9.17, 15) is 4.79 Å². The molecule has 0 amide bonds. The van der Waals surface area contributed by atoms with Crippen LogP contribution in [0.5, 0.6) is 0 Å². The van der Waals surface area contributed by atoms with E-state index in [4.69, 9.17) is 16.6 Å². The van der Waals surface area contributed by atoms with Gasteiger partial charge in [0.05, 0.1) is 17.6 Å². The predicted octanol–water partition coefficient (Wildman–Crippen LogP) is 3.80. The van der Waals surface area contributed by atoms with Crippen LogP contribution in [-0.4, -0.2) is 20.7 Å². The van der Waals surface area contributed by atoms with Gasteiger partial charge in [-0.25, -0.2) is 14.2 Å². The zero-order valence-corrected chi connectivity index (χ0v) is 16.7. The van der Waals surface area contributed by atoms with Gasteiger partial charge in [-0.2, -0.15) is 0 Å². The maximum atomic E-state index is 13.5. The van der Waals surface area contributed by atoms with E-state index in [1.165, 1.54) is 6.42 Å². The lowest BCUT2D eigenvalue weighted by Crippen LogP contribution is -2.33. The number of halogens is 1. The molecule has 0 spiro atoms. The molecule has 6 heteroatoms. The lowest BCUT2D eigenvalue weighted by Gasteiger charge is -2.04. The SMILES string of the molecule is O=c1/c(=C2/CCCCCN2)c2nc(-c3ccc(Cl)cc3)cn2n1-c1ccccc1. The molecule has 0 bridgehead atoms. The Hall–Kier alpha value is -3.05. The highest BCUT2D eigenvalue weighted by Crippen LogP contribution is 2.21.